The second-order valence-corrected chi connectivity index (χ2v) is 5.88. The highest BCUT2D eigenvalue weighted by Gasteiger charge is 2.35. The zero-order chi connectivity index (χ0) is 20.0. The number of esters is 1. The zero-order valence-corrected chi connectivity index (χ0v) is 15.4. The number of amides is 2. The zero-order valence-electron chi connectivity index (χ0n) is 15.4. The van der Waals surface area contributed by atoms with E-state index in [1.165, 1.54) is 38.2 Å². The fourth-order valence-corrected chi connectivity index (χ4v) is 2.69. The first-order chi connectivity index (χ1) is 12.9. The van der Waals surface area contributed by atoms with E-state index in [1.54, 1.807) is 6.07 Å². The van der Waals surface area contributed by atoms with Crippen LogP contribution in [-0.2, 0) is 19.1 Å². The van der Waals surface area contributed by atoms with Gasteiger partial charge < -0.3 is 24.4 Å². The van der Waals surface area contributed by atoms with Crippen LogP contribution < -0.4 is 14.8 Å². The number of benzene rings is 1. The minimum Gasteiger partial charge on any atom is -0.493 e. The number of hydrogen-bond donors (Lipinski definition) is 1. The van der Waals surface area contributed by atoms with Crippen LogP contribution in [0.4, 0.5) is 0 Å². The molecule has 1 atom stereocenters. The Morgan fingerprint density at radius 1 is 1.22 bits per heavy atom. The Bertz CT molecular complexity index is 747. The molecule has 0 aliphatic carbocycles. The first kappa shape index (κ1) is 20.2. The summed E-state index contributed by atoms with van der Waals surface area (Å²) in [4.78, 5) is 48.8. The number of ketones is 1. The van der Waals surface area contributed by atoms with Gasteiger partial charge in [-0.1, -0.05) is 0 Å². The molecule has 0 bridgehead atoms. The molecule has 1 fully saturated rings. The molecule has 1 aliphatic rings. The van der Waals surface area contributed by atoms with E-state index in [0.717, 1.165) is 0 Å². The number of piperazine rings is 1. The van der Waals surface area contributed by atoms with Gasteiger partial charge in [-0.2, -0.15) is 0 Å². The second kappa shape index (κ2) is 9.02. The second-order valence-electron chi connectivity index (χ2n) is 5.88. The standard InChI is InChI=1S/C18H22N2O7/c1-11(21)12-4-5-14(15(8-12)25-2)27-10-16(22)20-7-6-19-18(24)13(20)9-17(23)26-3/h4-5,8,13H,6-7,9-10H2,1-3H3,(H,19,24). The average Bonchev–Trinajstić information content (AvgIpc) is 2.67. The van der Waals surface area contributed by atoms with E-state index in [1.807, 2.05) is 0 Å². The molecule has 1 heterocycles. The van der Waals surface area contributed by atoms with Crippen molar-refractivity contribution in [3.8, 4) is 11.5 Å². The Morgan fingerprint density at radius 3 is 2.59 bits per heavy atom. The maximum Gasteiger partial charge on any atom is 0.308 e. The van der Waals surface area contributed by atoms with Gasteiger partial charge in [0, 0.05) is 18.7 Å². The average molecular weight is 378 g/mol. The topological polar surface area (TPSA) is 111 Å². The van der Waals surface area contributed by atoms with Crippen molar-refractivity contribution >= 4 is 23.6 Å². The van der Waals surface area contributed by atoms with Gasteiger partial charge in [-0.3, -0.25) is 19.2 Å². The van der Waals surface area contributed by atoms with Gasteiger partial charge in [-0.15, -0.1) is 0 Å². The lowest BCUT2D eigenvalue weighted by molar-refractivity contribution is -0.151. The van der Waals surface area contributed by atoms with Gasteiger partial charge in [0.2, 0.25) is 5.91 Å². The van der Waals surface area contributed by atoms with Crippen molar-refractivity contribution in [3.05, 3.63) is 23.8 Å². The molecule has 146 valence electrons. The lowest BCUT2D eigenvalue weighted by atomic mass is 10.1. The first-order valence-electron chi connectivity index (χ1n) is 8.33. The predicted octanol–water partition coefficient (Wildman–Crippen LogP) is 0.167. The van der Waals surface area contributed by atoms with Gasteiger partial charge >= 0.3 is 5.97 Å². The summed E-state index contributed by atoms with van der Waals surface area (Å²) in [5, 5.41) is 2.62. The Labute approximate surface area is 156 Å². The highest BCUT2D eigenvalue weighted by Crippen LogP contribution is 2.28. The van der Waals surface area contributed by atoms with Crippen molar-refractivity contribution in [1.82, 2.24) is 10.2 Å². The van der Waals surface area contributed by atoms with Crippen LogP contribution in [0, 0.1) is 0 Å². The fraction of sp³-hybridized carbons (Fsp3) is 0.444. The van der Waals surface area contributed by atoms with Crippen LogP contribution in [0.25, 0.3) is 0 Å². The van der Waals surface area contributed by atoms with Crippen molar-refractivity contribution in [2.75, 3.05) is 33.9 Å². The quantitative estimate of drug-likeness (QED) is 0.532. The predicted molar refractivity (Wildman–Crippen MR) is 93.6 cm³/mol. The van der Waals surface area contributed by atoms with Crippen LogP contribution in [0.1, 0.15) is 23.7 Å². The highest BCUT2D eigenvalue weighted by atomic mass is 16.5. The summed E-state index contributed by atoms with van der Waals surface area (Å²) >= 11 is 0. The summed E-state index contributed by atoms with van der Waals surface area (Å²) < 4.78 is 15.3. The molecule has 27 heavy (non-hydrogen) atoms. The largest absolute Gasteiger partial charge is 0.493 e. The molecule has 1 aromatic rings. The van der Waals surface area contributed by atoms with Crippen molar-refractivity contribution in [3.63, 3.8) is 0 Å². The van der Waals surface area contributed by atoms with Gasteiger partial charge in [0.25, 0.3) is 5.91 Å². The van der Waals surface area contributed by atoms with Gasteiger partial charge in [0.1, 0.15) is 6.04 Å². The number of hydrogen-bond acceptors (Lipinski definition) is 7. The van der Waals surface area contributed by atoms with Gasteiger partial charge in [-0.05, 0) is 25.1 Å². The van der Waals surface area contributed by atoms with E-state index in [-0.39, 0.29) is 25.4 Å². The summed E-state index contributed by atoms with van der Waals surface area (Å²) in [6, 6.07) is 3.69. The van der Waals surface area contributed by atoms with E-state index < -0.39 is 23.8 Å². The Kier molecular flexibility index (Phi) is 6.75. The number of carbonyl (C=O) groups is 4. The number of nitrogens with zero attached hydrogens (tertiary/aromatic N) is 1. The summed E-state index contributed by atoms with van der Waals surface area (Å²) in [7, 11) is 2.64. The molecule has 1 unspecified atom stereocenters. The number of Topliss-reactive ketones (excluding diaryl/α,β-unsaturated/α-hetero) is 1. The molecular formula is C18H22N2O7. The van der Waals surface area contributed by atoms with Crippen molar-refractivity contribution in [2.24, 2.45) is 0 Å². The van der Waals surface area contributed by atoms with Crippen molar-refractivity contribution in [2.45, 2.75) is 19.4 Å². The molecule has 9 nitrogen and oxygen atoms in total. The molecule has 0 saturated carbocycles. The van der Waals surface area contributed by atoms with Crippen LogP contribution in [-0.4, -0.2) is 68.4 Å². The summed E-state index contributed by atoms with van der Waals surface area (Å²) in [6.07, 6.45) is -0.231. The minimum atomic E-state index is -0.940. The fourth-order valence-electron chi connectivity index (χ4n) is 2.69. The van der Waals surface area contributed by atoms with E-state index in [0.29, 0.717) is 23.6 Å². The van der Waals surface area contributed by atoms with Gasteiger partial charge in [0.15, 0.2) is 23.9 Å². The molecule has 0 spiro atoms. The smallest absolute Gasteiger partial charge is 0.308 e. The van der Waals surface area contributed by atoms with Crippen molar-refractivity contribution < 1.29 is 33.4 Å². The summed E-state index contributed by atoms with van der Waals surface area (Å²) in [6.45, 7) is 1.64. The third-order valence-electron chi connectivity index (χ3n) is 4.16. The number of nitrogens with one attached hydrogen (secondary N) is 1. The number of ether oxygens (including phenoxy) is 3. The lowest BCUT2D eigenvalue weighted by Crippen LogP contribution is -2.58. The number of carbonyl (C=O) groups excluding carboxylic acids is 4. The molecule has 1 aromatic carbocycles. The van der Waals surface area contributed by atoms with Crippen LogP contribution in [0.15, 0.2) is 18.2 Å². The molecule has 0 aromatic heterocycles. The lowest BCUT2D eigenvalue weighted by Gasteiger charge is -2.34. The molecule has 9 heteroatoms. The van der Waals surface area contributed by atoms with E-state index in [9.17, 15) is 19.2 Å². The van der Waals surface area contributed by atoms with E-state index >= 15 is 0 Å². The minimum absolute atomic E-state index is 0.124. The number of methoxy groups -OCH3 is 2. The Morgan fingerprint density at radius 2 is 1.96 bits per heavy atom. The molecule has 1 saturated heterocycles. The molecule has 0 radical (unpaired) electrons. The summed E-state index contributed by atoms with van der Waals surface area (Å²) in [5.74, 6) is -0.960. The molecular weight excluding hydrogens is 356 g/mol. The maximum absolute atomic E-state index is 12.5. The van der Waals surface area contributed by atoms with Gasteiger partial charge in [0.05, 0.1) is 20.6 Å². The third-order valence-corrected chi connectivity index (χ3v) is 4.16. The molecule has 2 rings (SSSR count). The normalized spacial score (nSPS) is 16.3. The summed E-state index contributed by atoms with van der Waals surface area (Å²) in [5.41, 5.74) is 0.455. The molecule has 1 N–H and O–H groups in total. The van der Waals surface area contributed by atoms with Crippen LogP contribution in [0.5, 0.6) is 11.5 Å². The van der Waals surface area contributed by atoms with E-state index in [2.05, 4.69) is 10.1 Å². The Balaban J connectivity index is 2.08. The maximum atomic E-state index is 12.5. The number of rotatable bonds is 7. The monoisotopic (exact) mass is 378 g/mol. The van der Waals surface area contributed by atoms with Gasteiger partial charge in [-0.25, -0.2) is 0 Å². The molecule has 1 aliphatic heterocycles. The van der Waals surface area contributed by atoms with E-state index in [4.69, 9.17) is 9.47 Å². The van der Waals surface area contributed by atoms with Crippen LogP contribution in [0.2, 0.25) is 0 Å². The molecule has 2 amide bonds. The Hall–Kier alpha value is -3.10. The van der Waals surface area contributed by atoms with Crippen LogP contribution >= 0.6 is 0 Å². The van der Waals surface area contributed by atoms with Crippen molar-refractivity contribution in [1.29, 1.82) is 0 Å². The first-order valence-corrected chi connectivity index (χ1v) is 8.33. The highest BCUT2D eigenvalue weighted by molar-refractivity contribution is 5.95. The third kappa shape index (κ3) is 4.96. The van der Waals surface area contributed by atoms with Crippen LogP contribution in [0.3, 0.4) is 0 Å². The SMILES string of the molecule is COC(=O)CC1C(=O)NCCN1C(=O)COc1ccc(C(C)=O)cc1OC.